The molecule has 1 aliphatic heterocycles. The third-order valence-corrected chi connectivity index (χ3v) is 2.92. The predicted octanol–water partition coefficient (Wildman–Crippen LogP) is 1.36. The maximum Gasteiger partial charge on any atom is 0.0951 e. The Balaban J connectivity index is 2.05. The van der Waals surface area contributed by atoms with E-state index in [1.54, 1.807) is 0 Å². The van der Waals surface area contributed by atoms with Crippen LogP contribution in [0, 0.1) is 11.3 Å². The van der Waals surface area contributed by atoms with E-state index in [0.717, 1.165) is 12.8 Å². The molecular weight excluding hydrogens is 174 g/mol. The van der Waals surface area contributed by atoms with Crippen molar-refractivity contribution >= 4 is 0 Å². The summed E-state index contributed by atoms with van der Waals surface area (Å²) in [6.07, 6.45) is 6.22. The Hall–Kier alpha value is -0.590. The highest BCUT2D eigenvalue weighted by Gasteiger charge is 2.10. The summed E-state index contributed by atoms with van der Waals surface area (Å²) in [5, 5.41) is 11.7. The maximum atomic E-state index is 8.74. The first-order chi connectivity index (χ1) is 6.86. The molecule has 1 atom stereocenters. The number of nitrogens with one attached hydrogen (secondary N) is 1. The molecule has 1 aliphatic rings. The fourth-order valence-corrected chi connectivity index (χ4v) is 1.98. The predicted molar refractivity (Wildman–Crippen MR) is 58.0 cm³/mol. The van der Waals surface area contributed by atoms with Gasteiger partial charge in [0.15, 0.2) is 0 Å². The molecule has 3 heteroatoms. The lowest BCUT2D eigenvalue weighted by Crippen LogP contribution is -2.32. The summed E-state index contributed by atoms with van der Waals surface area (Å²) in [7, 11) is 1.86. The van der Waals surface area contributed by atoms with E-state index < -0.39 is 0 Å². The van der Waals surface area contributed by atoms with Crippen LogP contribution in [0.25, 0.3) is 0 Å². The van der Waals surface area contributed by atoms with Crippen LogP contribution in [0.5, 0.6) is 0 Å². The average Bonchev–Trinajstić information content (AvgIpc) is 2.26. The van der Waals surface area contributed by atoms with Gasteiger partial charge in [0, 0.05) is 0 Å². The van der Waals surface area contributed by atoms with Crippen LogP contribution in [0.4, 0.5) is 0 Å². The van der Waals surface area contributed by atoms with Gasteiger partial charge in [-0.25, -0.2) is 0 Å². The van der Waals surface area contributed by atoms with E-state index in [1.165, 1.54) is 38.9 Å². The molecule has 0 saturated carbocycles. The van der Waals surface area contributed by atoms with E-state index >= 15 is 0 Å². The van der Waals surface area contributed by atoms with E-state index in [-0.39, 0.29) is 6.04 Å². The van der Waals surface area contributed by atoms with E-state index in [9.17, 15) is 0 Å². The molecule has 1 heterocycles. The molecule has 0 spiro atoms. The number of hydrogen-bond donors (Lipinski definition) is 1. The van der Waals surface area contributed by atoms with Gasteiger partial charge in [-0.05, 0) is 52.4 Å². The van der Waals surface area contributed by atoms with Gasteiger partial charge in [0.1, 0.15) is 0 Å². The lowest BCUT2D eigenvalue weighted by molar-refractivity contribution is 0.223. The van der Waals surface area contributed by atoms with Gasteiger partial charge in [-0.15, -0.1) is 0 Å². The van der Waals surface area contributed by atoms with Gasteiger partial charge in [0.05, 0.1) is 12.1 Å². The van der Waals surface area contributed by atoms with Crippen molar-refractivity contribution in [1.29, 1.82) is 5.26 Å². The molecule has 1 N–H and O–H groups in total. The molecule has 0 aromatic heterocycles. The van der Waals surface area contributed by atoms with Crippen LogP contribution in [0.1, 0.15) is 32.1 Å². The third-order valence-electron chi connectivity index (χ3n) is 2.92. The lowest BCUT2D eigenvalue weighted by atomic mass is 10.1. The topological polar surface area (TPSA) is 39.1 Å². The second kappa shape index (κ2) is 6.80. The minimum Gasteiger partial charge on any atom is -0.305 e. The van der Waals surface area contributed by atoms with Crippen molar-refractivity contribution in [1.82, 2.24) is 10.2 Å². The van der Waals surface area contributed by atoms with Crippen LogP contribution in [0.3, 0.4) is 0 Å². The molecule has 0 aromatic rings. The Kier molecular flexibility index (Phi) is 5.58. The summed E-state index contributed by atoms with van der Waals surface area (Å²) in [5.41, 5.74) is 0. The molecular formula is C11H21N3. The van der Waals surface area contributed by atoms with Crippen molar-refractivity contribution in [2.75, 3.05) is 26.7 Å². The van der Waals surface area contributed by atoms with Crippen LogP contribution in [0.15, 0.2) is 0 Å². The largest absolute Gasteiger partial charge is 0.305 e. The number of piperidine rings is 1. The molecule has 80 valence electrons. The molecule has 1 rings (SSSR count). The van der Waals surface area contributed by atoms with Gasteiger partial charge in [-0.3, -0.25) is 0 Å². The number of likely N-dealkylation sites (tertiary alicyclic amines) is 1. The Morgan fingerprint density at radius 3 is 2.64 bits per heavy atom. The van der Waals surface area contributed by atoms with Crippen molar-refractivity contribution < 1.29 is 0 Å². The standard InChI is InChI=1S/C11H21N3/c1-13-11(10-12)6-5-9-14-7-3-2-4-8-14/h11,13H,2-9H2,1H3. The normalized spacial score (nSPS) is 20.3. The lowest BCUT2D eigenvalue weighted by Gasteiger charge is -2.26. The summed E-state index contributed by atoms with van der Waals surface area (Å²) in [6.45, 7) is 3.69. The SMILES string of the molecule is CNC(C#N)CCCN1CCCCC1. The molecule has 0 amide bonds. The zero-order chi connectivity index (χ0) is 10.2. The second-order valence-corrected chi connectivity index (χ2v) is 4.01. The van der Waals surface area contributed by atoms with Crippen molar-refractivity contribution in [3.63, 3.8) is 0 Å². The molecule has 0 aliphatic carbocycles. The zero-order valence-corrected chi connectivity index (χ0v) is 9.13. The van der Waals surface area contributed by atoms with Crippen molar-refractivity contribution in [2.24, 2.45) is 0 Å². The van der Waals surface area contributed by atoms with Crippen LogP contribution < -0.4 is 5.32 Å². The third kappa shape index (κ3) is 4.08. The highest BCUT2D eigenvalue weighted by Crippen LogP contribution is 2.09. The van der Waals surface area contributed by atoms with E-state index in [2.05, 4.69) is 16.3 Å². The zero-order valence-electron chi connectivity index (χ0n) is 9.13. The molecule has 0 radical (unpaired) electrons. The fourth-order valence-electron chi connectivity index (χ4n) is 1.98. The highest BCUT2D eigenvalue weighted by atomic mass is 15.1. The second-order valence-electron chi connectivity index (χ2n) is 4.01. The quantitative estimate of drug-likeness (QED) is 0.720. The van der Waals surface area contributed by atoms with Gasteiger partial charge in [0.2, 0.25) is 0 Å². The number of nitrogens with zero attached hydrogens (tertiary/aromatic N) is 2. The van der Waals surface area contributed by atoms with Crippen LogP contribution in [-0.2, 0) is 0 Å². The molecule has 0 aromatic carbocycles. The summed E-state index contributed by atoms with van der Waals surface area (Å²) >= 11 is 0. The molecule has 3 nitrogen and oxygen atoms in total. The first-order valence-corrected chi connectivity index (χ1v) is 5.66. The van der Waals surface area contributed by atoms with Gasteiger partial charge in [0.25, 0.3) is 0 Å². The summed E-state index contributed by atoms with van der Waals surface area (Å²) in [6, 6.07) is 2.30. The molecule has 1 unspecified atom stereocenters. The summed E-state index contributed by atoms with van der Waals surface area (Å²) < 4.78 is 0. The van der Waals surface area contributed by atoms with Crippen LogP contribution in [-0.4, -0.2) is 37.6 Å². The molecule has 0 bridgehead atoms. The van der Waals surface area contributed by atoms with Crippen molar-refractivity contribution in [3.05, 3.63) is 0 Å². The van der Waals surface area contributed by atoms with E-state index in [1.807, 2.05) is 7.05 Å². The summed E-state index contributed by atoms with van der Waals surface area (Å²) in [4.78, 5) is 2.52. The number of hydrogen-bond acceptors (Lipinski definition) is 3. The maximum absolute atomic E-state index is 8.74. The highest BCUT2D eigenvalue weighted by molar-refractivity contribution is 4.88. The van der Waals surface area contributed by atoms with Gasteiger partial charge in [-0.1, -0.05) is 6.42 Å². The number of nitriles is 1. The minimum atomic E-state index is 0.0415. The van der Waals surface area contributed by atoms with Crippen molar-refractivity contribution in [3.8, 4) is 6.07 Å². The Bertz CT molecular complexity index is 179. The first kappa shape index (κ1) is 11.5. The Morgan fingerprint density at radius 2 is 2.07 bits per heavy atom. The Morgan fingerprint density at radius 1 is 1.36 bits per heavy atom. The van der Waals surface area contributed by atoms with Gasteiger partial charge < -0.3 is 10.2 Å². The van der Waals surface area contributed by atoms with E-state index in [0.29, 0.717) is 0 Å². The van der Waals surface area contributed by atoms with Gasteiger partial charge >= 0.3 is 0 Å². The minimum absolute atomic E-state index is 0.0415. The molecule has 1 fully saturated rings. The fraction of sp³-hybridized carbons (Fsp3) is 0.909. The Labute approximate surface area is 87.1 Å². The van der Waals surface area contributed by atoms with E-state index in [4.69, 9.17) is 5.26 Å². The van der Waals surface area contributed by atoms with Crippen LogP contribution >= 0.6 is 0 Å². The first-order valence-electron chi connectivity index (χ1n) is 5.66. The van der Waals surface area contributed by atoms with Crippen LogP contribution in [0.2, 0.25) is 0 Å². The number of rotatable bonds is 5. The monoisotopic (exact) mass is 195 g/mol. The van der Waals surface area contributed by atoms with Gasteiger partial charge in [-0.2, -0.15) is 5.26 Å². The molecule has 14 heavy (non-hydrogen) atoms. The molecule has 1 saturated heterocycles. The summed E-state index contributed by atoms with van der Waals surface area (Å²) in [5.74, 6) is 0. The smallest absolute Gasteiger partial charge is 0.0951 e. The van der Waals surface area contributed by atoms with Crippen molar-refractivity contribution in [2.45, 2.75) is 38.1 Å². The average molecular weight is 195 g/mol.